The van der Waals surface area contributed by atoms with E-state index in [1.165, 1.54) is 22.7 Å². The number of imidazole rings is 1. The van der Waals surface area contributed by atoms with Crippen molar-refractivity contribution in [1.29, 1.82) is 0 Å². The summed E-state index contributed by atoms with van der Waals surface area (Å²) in [4.78, 5) is 18.0. The van der Waals surface area contributed by atoms with E-state index in [9.17, 15) is 4.79 Å². The zero-order valence-corrected chi connectivity index (χ0v) is 13.4. The number of fused-ring (bicyclic) bond motifs is 1. The first kappa shape index (κ1) is 14.2. The Balaban J connectivity index is 1.62. The summed E-state index contributed by atoms with van der Waals surface area (Å²) < 4.78 is 2.60. The molecule has 5 nitrogen and oxygen atoms in total. The molecule has 21 heavy (non-hydrogen) atoms. The fourth-order valence-corrected chi connectivity index (χ4v) is 3.48. The number of thiazole rings is 1. The Morgan fingerprint density at radius 2 is 2.38 bits per heavy atom. The van der Waals surface area contributed by atoms with E-state index in [2.05, 4.69) is 15.5 Å². The predicted octanol–water partition coefficient (Wildman–Crippen LogP) is 3.19. The molecule has 0 radical (unpaired) electrons. The van der Waals surface area contributed by atoms with Gasteiger partial charge < -0.3 is 0 Å². The van der Waals surface area contributed by atoms with Crippen molar-refractivity contribution in [1.82, 2.24) is 14.8 Å². The van der Waals surface area contributed by atoms with Crippen LogP contribution in [0, 0.1) is 0 Å². The van der Waals surface area contributed by atoms with Gasteiger partial charge in [0.15, 0.2) is 4.96 Å². The Hall–Kier alpha value is -1.70. The second-order valence-corrected chi connectivity index (χ2v) is 6.93. The maximum absolute atomic E-state index is 11.9. The van der Waals surface area contributed by atoms with Crippen LogP contribution in [0.1, 0.15) is 17.5 Å². The lowest BCUT2D eigenvalue weighted by Gasteiger charge is -1.99. The molecule has 0 aromatic carbocycles. The lowest BCUT2D eigenvalue weighted by atomic mass is 10.3. The number of halogens is 1. The van der Waals surface area contributed by atoms with Gasteiger partial charge in [0.05, 0.1) is 27.0 Å². The third kappa shape index (κ3) is 3.31. The van der Waals surface area contributed by atoms with E-state index >= 15 is 0 Å². The van der Waals surface area contributed by atoms with Crippen molar-refractivity contribution in [3.63, 3.8) is 0 Å². The lowest BCUT2D eigenvalue weighted by Crippen LogP contribution is -2.21. The molecule has 0 aliphatic heterocycles. The highest BCUT2D eigenvalue weighted by Gasteiger charge is 2.08. The zero-order chi connectivity index (χ0) is 14.8. The fraction of sp³-hybridized carbons (Fsp3) is 0.154. The number of thiophene rings is 1. The molecule has 3 rings (SSSR count). The minimum absolute atomic E-state index is 0.192. The largest absolute Gasteiger partial charge is 0.297 e. The number of aromatic nitrogens is 2. The van der Waals surface area contributed by atoms with Crippen LogP contribution < -0.4 is 5.43 Å². The summed E-state index contributed by atoms with van der Waals surface area (Å²) in [6, 6.07) is 3.68. The van der Waals surface area contributed by atoms with Crippen LogP contribution in [0.5, 0.6) is 0 Å². The minimum Gasteiger partial charge on any atom is -0.297 e. The lowest BCUT2D eigenvalue weighted by molar-refractivity contribution is -0.120. The van der Waals surface area contributed by atoms with Gasteiger partial charge in [0.2, 0.25) is 5.91 Å². The summed E-state index contributed by atoms with van der Waals surface area (Å²) in [6.45, 7) is 1.83. The van der Waals surface area contributed by atoms with Gasteiger partial charge in [-0.25, -0.2) is 10.4 Å². The van der Waals surface area contributed by atoms with Gasteiger partial charge in [0.25, 0.3) is 0 Å². The van der Waals surface area contributed by atoms with Crippen LogP contribution >= 0.6 is 34.3 Å². The van der Waals surface area contributed by atoms with Gasteiger partial charge in [-0.05, 0) is 19.1 Å². The molecular formula is C13H11ClN4OS2. The molecule has 0 saturated carbocycles. The third-order valence-corrected chi connectivity index (χ3v) is 4.87. The molecule has 3 heterocycles. The van der Waals surface area contributed by atoms with E-state index in [1.807, 2.05) is 35.2 Å². The van der Waals surface area contributed by atoms with E-state index in [-0.39, 0.29) is 12.3 Å². The number of hydrogen-bond acceptors (Lipinski definition) is 5. The highest BCUT2D eigenvalue weighted by Crippen LogP contribution is 2.21. The maximum Gasteiger partial charge on any atom is 0.246 e. The predicted molar refractivity (Wildman–Crippen MR) is 86.5 cm³/mol. The smallest absolute Gasteiger partial charge is 0.246 e. The average Bonchev–Trinajstić information content (AvgIpc) is 3.11. The Kier molecular flexibility index (Phi) is 4.05. The number of nitrogens with zero attached hydrogens (tertiary/aromatic N) is 3. The summed E-state index contributed by atoms with van der Waals surface area (Å²) in [7, 11) is 0. The standard InChI is InChI=1S/C13H11ClN4OS2/c1-8(10-2-3-11(14)21-10)16-17-12(19)6-9-7-18-4-5-20-13(18)15-9/h2-5,7H,6H2,1H3,(H,17,19)/b16-8-. The topological polar surface area (TPSA) is 58.8 Å². The average molecular weight is 339 g/mol. The van der Waals surface area contributed by atoms with E-state index < -0.39 is 0 Å². The molecule has 0 bridgehead atoms. The molecule has 0 fully saturated rings. The van der Waals surface area contributed by atoms with Crippen LogP contribution in [-0.2, 0) is 11.2 Å². The highest BCUT2D eigenvalue weighted by molar-refractivity contribution is 7.18. The van der Waals surface area contributed by atoms with E-state index in [0.29, 0.717) is 4.34 Å². The molecule has 0 unspecified atom stereocenters. The molecule has 3 aromatic heterocycles. The first-order valence-electron chi connectivity index (χ1n) is 6.12. The Labute approximate surface area is 133 Å². The minimum atomic E-state index is -0.192. The number of nitrogens with one attached hydrogen (secondary N) is 1. The molecular weight excluding hydrogens is 328 g/mol. The van der Waals surface area contributed by atoms with Crippen LogP contribution in [0.15, 0.2) is 35.0 Å². The Morgan fingerprint density at radius 1 is 1.52 bits per heavy atom. The number of hydrogen-bond donors (Lipinski definition) is 1. The van der Waals surface area contributed by atoms with Crippen LogP contribution in [0.2, 0.25) is 4.34 Å². The van der Waals surface area contributed by atoms with E-state index in [4.69, 9.17) is 11.6 Å². The second kappa shape index (κ2) is 5.97. The fourth-order valence-electron chi connectivity index (χ4n) is 1.78. The first-order valence-corrected chi connectivity index (χ1v) is 8.19. The maximum atomic E-state index is 11.9. The van der Waals surface area contributed by atoms with Crippen molar-refractivity contribution in [2.75, 3.05) is 0 Å². The van der Waals surface area contributed by atoms with Gasteiger partial charge in [-0.3, -0.25) is 9.20 Å². The number of hydrazone groups is 1. The Bertz CT molecular complexity index is 788. The summed E-state index contributed by atoms with van der Waals surface area (Å²) in [5.74, 6) is -0.192. The molecule has 0 aliphatic rings. The first-order chi connectivity index (χ1) is 10.1. The molecule has 1 amide bonds. The second-order valence-electron chi connectivity index (χ2n) is 4.34. The third-order valence-electron chi connectivity index (χ3n) is 2.76. The summed E-state index contributed by atoms with van der Waals surface area (Å²) in [5.41, 5.74) is 4.00. The van der Waals surface area contributed by atoms with Gasteiger partial charge in [-0.2, -0.15) is 5.10 Å². The zero-order valence-electron chi connectivity index (χ0n) is 11.0. The molecule has 0 saturated heterocycles. The number of carbonyl (C=O) groups excluding carboxylic acids is 1. The quantitative estimate of drug-likeness (QED) is 0.586. The van der Waals surface area contributed by atoms with Gasteiger partial charge in [-0.15, -0.1) is 22.7 Å². The number of carbonyl (C=O) groups is 1. The van der Waals surface area contributed by atoms with Crippen LogP contribution in [-0.4, -0.2) is 21.0 Å². The van der Waals surface area contributed by atoms with Gasteiger partial charge >= 0.3 is 0 Å². The van der Waals surface area contributed by atoms with Crippen molar-refractivity contribution in [2.24, 2.45) is 5.10 Å². The monoisotopic (exact) mass is 338 g/mol. The van der Waals surface area contributed by atoms with Gasteiger partial charge in [-0.1, -0.05) is 11.6 Å². The van der Waals surface area contributed by atoms with Crippen LogP contribution in [0.3, 0.4) is 0 Å². The van der Waals surface area contributed by atoms with Crippen molar-refractivity contribution in [3.8, 4) is 0 Å². The van der Waals surface area contributed by atoms with Crippen molar-refractivity contribution < 1.29 is 4.79 Å². The molecule has 108 valence electrons. The molecule has 3 aromatic rings. The molecule has 0 atom stereocenters. The SMILES string of the molecule is C/C(=N/NC(=O)Cc1cn2ccsc2n1)c1ccc(Cl)s1. The van der Waals surface area contributed by atoms with Gasteiger partial charge in [0.1, 0.15) is 0 Å². The van der Waals surface area contributed by atoms with Crippen molar-refractivity contribution in [2.45, 2.75) is 13.3 Å². The molecule has 1 N–H and O–H groups in total. The highest BCUT2D eigenvalue weighted by atomic mass is 35.5. The number of amides is 1. The summed E-state index contributed by atoms with van der Waals surface area (Å²) in [6.07, 6.45) is 3.97. The van der Waals surface area contributed by atoms with Crippen molar-refractivity contribution in [3.05, 3.63) is 44.8 Å². The summed E-state index contributed by atoms with van der Waals surface area (Å²) in [5, 5.41) is 6.03. The normalized spacial score (nSPS) is 12.0. The Morgan fingerprint density at radius 3 is 3.10 bits per heavy atom. The molecule has 0 aliphatic carbocycles. The van der Waals surface area contributed by atoms with Gasteiger partial charge in [0, 0.05) is 17.8 Å². The van der Waals surface area contributed by atoms with Crippen molar-refractivity contribution >= 4 is 50.9 Å². The molecule has 0 spiro atoms. The summed E-state index contributed by atoms with van der Waals surface area (Å²) >= 11 is 8.83. The molecule has 8 heteroatoms. The number of rotatable bonds is 4. The van der Waals surface area contributed by atoms with E-state index in [0.717, 1.165) is 21.2 Å². The van der Waals surface area contributed by atoms with Crippen LogP contribution in [0.4, 0.5) is 0 Å². The van der Waals surface area contributed by atoms with E-state index in [1.54, 1.807) is 6.07 Å². The van der Waals surface area contributed by atoms with Crippen LogP contribution in [0.25, 0.3) is 4.96 Å².